The number of hydrogen-bond donors (Lipinski definition) is 1. The van der Waals surface area contributed by atoms with Crippen molar-refractivity contribution in [3.63, 3.8) is 0 Å². The largest absolute Gasteiger partial charge is 0.368 e. The van der Waals surface area contributed by atoms with Gasteiger partial charge in [0.1, 0.15) is 0 Å². The fraction of sp³-hybridized carbons (Fsp3) is 0.412. The molecular formula is C34H43N5O4S. The first-order valence-corrected chi connectivity index (χ1v) is 17.2. The van der Waals surface area contributed by atoms with Crippen molar-refractivity contribution in [1.29, 1.82) is 0 Å². The van der Waals surface area contributed by atoms with Crippen molar-refractivity contribution < 1.29 is 18.0 Å². The van der Waals surface area contributed by atoms with Gasteiger partial charge in [-0.3, -0.25) is 14.5 Å². The Morgan fingerprint density at radius 1 is 0.727 bits per heavy atom. The molecule has 2 aliphatic heterocycles. The second kappa shape index (κ2) is 14.4. The van der Waals surface area contributed by atoms with Crippen LogP contribution in [0.4, 0.5) is 5.69 Å². The van der Waals surface area contributed by atoms with Gasteiger partial charge in [-0.2, -0.15) is 0 Å². The van der Waals surface area contributed by atoms with Gasteiger partial charge in [0.2, 0.25) is 11.8 Å². The van der Waals surface area contributed by atoms with Gasteiger partial charge < -0.3 is 20.0 Å². The molecule has 0 bridgehead atoms. The Hall–Kier alpha value is -3.73. The van der Waals surface area contributed by atoms with E-state index in [1.165, 1.54) is 6.26 Å². The molecule has 3 aromatic carbocycles. The molecule has 0 saturated carbocycles. The highest BCUT2D eigenvalue weighted by atomic mass is 32.2. The number of nitrogens with one attached hydrogen (secondary N) is 1. The smallest absolute Gasteiger partial charge is 0.240 e. The van der Waals surface area contributed by atoms with Gasteiger partial charge in [0, 0.05) is 84.3 Å². The lowest BCUT2D eigenvalue weighted by atomic mass is 10.0. The van der Waals surface area contributed by atoms with Crippen molar-refractivity contribution in [3.8, 4) is 0 Å². The molecule has 44 heavy (non-hydrogen) atoms. The SMILES string of the molecule is CC(=O)N1CCN(c2ccc(CN[C@@H](Cc3ccccc3)C(=O)N3CCN(Cc4ccc(S(C)(=O)=O)cc4)CC3)cc2)CC1. The van der Waals surface area contributed by atoms with E-state index in [9.17, 15) is 18.0 Å². The fourth-order valence-corrected chi connectivity index (χ4v) is 6.52. The van der Waals surface area contributed by atoms with E-state index in [0.29, 0.717) is 31.0 Å². The predicted octanol–water partition coefficient (Wildman–Crippen LogP) is 2.80. The third kappa shape index (κ3) is 8.46. The van der Waals surface area contributed by atoms with Crippen LogP contribution in [-0.4, -0.2) is 99.6 Å². The molecule has 1 atom stereocenters. The number of carbonyl (C=O) groups is 2. The van der Waals surface area contributed by atoms with E-state index < -0.39 is 9.84 Å². The van der Waals surface area contributed by atoms with Crippen LogP contribution in [-0.2, 0) is 38.9 Å². The Morgan fingerprint density at radius 3 is 1.91 bits per heavy atom. The summed E-state index contributed by atoms with van der Waals surface area (Å²) in [5, 5.41) is 3.56. The second-order valence-corrected chi connectivity index (χ2v) is 13.8. The Morgan fingerprint density at radius 2 is 1.32 bits per heavy atom. The normalized spacial score (nSPS) is 17.0. The predicted molar refractivity (Wildman–Crippen MR) is 173 cm³/mol. The average molecular weight is 618 g/mol. The van der Waals surface area contributed by atoms with Crippen molar-refractivity contribution >= 4 is 27.3 Å². The topological polar surface area (TPSA) is 93.3 Å². The lowest BCUT2D eigenvalue weighted by Crippen LogP contribution is -2.54. The van der Waals surface area contributed by atoms with Gasteiger partial charge in [-0.15, -0.1) is 0 Å². The van der Waals surface area contributed by atoms with Gasteiger partial charge >= 0.3 is 0 Å². The summed E-state index contributed by atoms with van der Waals surface area (Å²) in [6.07, 6.45) is 1.83. The number of amides is 2. The molecule has 2 saturated heterocycles. The summed E-state index contributed by atoms with van der Waals surface area (Å²) in [5.41, 5.74) is 4.45. The molecule has 9 nitrogen and oxygen atoms in total. The fourth-order valence-electron chi connectivity index (χ4n) is 5.89. The highest BCUT2D eigenvalue weighted by Crippen LogP contribution is 2.19. The van der Waals surface area contributed by atoms with Crippen molar-refractivity contribution in [3.05, 3.63) is 95.6 Å². The van der Waals surface area contributed by atoms with Crippen molar-refractivity contribution in [2.75, 3.05) is 63.5 Å². The zero-order chi connectivity index (χ0) is 31.1. The summed E-state index contributed by atoms with van der Waals surface area (Å²) in [5.74, 6) is 0.248. The molecule has 3 aromatic rings. The van der Waals surface area contributed by atoms with Crippen LogP contribution in [0, 0.1) is 0 Å². The van der Waals surface area contributed by atoms with E-state index in [4.69, 9.17) is 0 Å². The minimum absolute atomic E-state index is 0.117. The zero-order valence-electron chi connectivity index (χ0n) is 25.7. The Kier molecular flexibility index (Phi) is 10.3. The van der Waals surface area contributed by atoms with Crippen molar-refractivity contribution in [2.24, 2.45) is 0 Å². The first-order valence-electron chi connectivity index (χ1n) is 15.3. The highest BCUT2D eigenvalue weighted by molar-refractivity contribution is 7.90. The molecule has 10 heteroatoms. The van der Waals surface area contributed by atoms with Crippen LogP contribution in [0.15, 0.2) is 83.8 Å². The minimum Gasteiger partial charge on any atom is -0.368 e. The van der Waals surface area contributed by atoms with Gasteiger partial charge in [0.05, 0.1) is 10.9 Å². The monoisotopic (exact) mass is 617 g/mol. The molecule has 0 radical (unpaired) electrons. The molecule has 5 rings (SSSR count). The molecule has 0 aliphatic carbocycles. The van der Waals surface area contributed by atoms with E-state index >= 15 is 0 Å². The Bertz CT molecular complexity index is 1500. The van der Waals surface area contributed by atoms with E-state index in [1.54, 1.807) is 19.1 Å². The van der Waals surface area contributed by atoms with Gasteiger partial charge in [-0.05, 0) is 47.4 Å². The number of carbonyl (C=O) groups excluding carboxylic acids is 2. The third-order valence-corrected chi connectivity index (χ3v) is 9.73. The van der Waals surface area contributed by atoms with Crippen LogP contribution < -0.4 is 10.2 Å². The van der Waals surface area contributed by atoms with Gasteiger partial charge in [-0.25, -0.2) is 8.42 Å². The highest BCUT2D eigenvalue weighted by Gasteiger charge is 2.28. The Labute approximate surface area is 261 Å². The van der Waals surface area contributed by atoms with Gasteiger partial charge in [-0.1, -0.05) is 54.6 Å². The van der Waals surface area contributed by atoms with Crippen LogP contribution in [0.2, 0.25) is 0 Å². The maximum atomic E-state index is 13.8. The van der Waals surface area contributed by atoms with E-state index in [-0.39, 0.29) is 17.9 Å². The van der Waals surface area contributed by atoms with E-state index in [2.05, 4.69) is 51.5 Å². The van der Waals surface area contributed by atoms with Crippen LogP contribution in [0.3, 0.4) is 0 Å². The maximum absolute atomic E-state index is 13.8. The number of nitrogens with zero attached hydrogens (tertiary/aromatic N) is 4. The van der Waals surface area contributed by atoms with Crippen LogP contribution in [0.25, 0.3) is 0 Å². The summed E-state index contributed by atoms with van der Waals surface area (Å²) in [6, 6.07) is 25.3. The van der Waals surface area contributed by atoms with Crippen molar-refractivity contribution in [2.45, 2.75) is 37.4 Å². The molecule has 0 spiro atoms. The zero-order valence-corrected chi connectivity index (χ0v) is 26.5. The number of benzene rings is 3. The quantitative estimate of drug-likeness (QED) is 0.374. The number of sulfone groups is 1. The van der Waals surface area contributed by atoms with Crippen molar-refractivity contribution in [1.82, 2.24) is 20.0 Å². The molecule has 2 fully saturated rings. The standard InChI is InChI=1S/C34H43N5O4S/c1-27(40)37-20-22-38(23-21-37)31-12-8-29(9-13-31)25-35-33(24-28-6-4-3-5-7-28)34(41)39-18-16-36(17-19-39)26-30-10-14-32(15-11-30)44(2,42)43/h3-15,33,35H,16-26H2,1-2H3/t33-/m0/s1. The molecule has 0 aromatic heterocycles. The van der Waals surface area contributed by atoms with Gasteiger partial charge in [0.15, 0.2) is 9.84 Å². The Balaban J connectivity index is 1.16. The second-order valence-electron chi connectivity index (χ2n) is 11.8. The number of piperazine rings is 2. The number of anilines is 1. The molecule has 2 amide bonds. The summed E-state index contributed by atoms with van der Waals surface area (Å²) >= 11 is 0. The lowest BCUT2D eigenvalue weighted by molar-refractivity contribution is -0.135. The first kappa shape index (κ1) is 31.7. The molecule has 0 unspecified atom stereocenters. The van der Waals surface area contributed by atoms with E-state index in [1.807, 2.05) is 40.1 Å². The molecule has 2 heterocycles. The maximum Gasteiger partial charge on any atom is 0.240 e. The molecule has 234 valence electrons. The third-order valence-electron chi connectivity index (χ3n) is 8.60. The van der Waals surface area contributed by atoms with Crippen LogP contribution in [0.1, 0.15) is 23.6 Å². The average Bonchev–Trinajstić information content (AvgIpc) is 3.04. The van der Waals surface area contributed by atoms with Crippen LogP contribution in [0.5, 0.6) is 0 Å². The summed E-state index contributed by atoms with van der Waals surface area (Å²) in [6.45, 7) is 8.91. The number of rotatable bonds is 10. The lowest BCUT2D eigenvalue weighted by Gasteiger charge is -2.37. The molecular weight excluding hydrogens is 574 g/mol. The summed E-state index contributed by atoms with van der Waals surface area (Å²) in [7, 11) is -3.21. The summed E-state index contributed by atoms with van der Waals surface area (Å²) in [4.78, 5) is 34.3. The number of hydrogen-bond acceptors (Lipinski definition) is 7. The first-order chi connectivity index (χ1) is 21.2. The van der Waals surface area contributed by atoms with E-state index in [0.717, 1.165) is 68.2 Å². The summed E-state index contributed by atoms with van der Waals surface area (Å²) < 4.78 is 23.5. The minimum atomic E-state index is -3.21. The van der Waals surface area contributed by atoms with Crippen LogP contribution >= 0.6 is 0 Å². The molecule has 2 aliphatic rings. The van der Waals surface area contributed by atoms with Gasteiger partial charge in [0.25, 0.3) is 0 Å². The molecule has 1 N–H and O–H groups in total.